The molecule has 3 nitrogen and oxygen atoms in total. The van der Waals surface area contributed by atoms with Crippen molar-refractivity contribution >= 4 is 5.84 Å². The van der Waals surface area contributed by atoms with Crippen molar-refractivity contribution in [3.05, 3.63) is 35.1 Å². The number of nitrogens with two attached hydrogens (primary N) is 1. The Balaban J connectivity index is 2.79. The highest BCUT2D eigenvalue weighted by Gasteiger charge is 2.12. The molecule has 0 heterocycles. The average molecular weight is 238 g/mol. The molecule has 0 radical (unpaired) electrons. The lowest BCUT2D eigenvalue weighted by molar-refractivity contribution is 0.0221. The number of hydrogen-bond acceptors (Lipinski definition) is 2. The maximum atomic E-state index is 13.9. The third-order valence-electron chi connectivity index (χ3n) is 2.81. The number of halogens is 1. The second-order valence-corrected chi connectivity index (χ2v) is 4.45. The monoisotopic (exact) mass is 238 g/mol. The lowest BCUT2D eigenvalue weighted by atomic mass is 10.1. The lowest BCUT2D eigenvalue weighted by Crippen LogP contribution is -2.17. The highest BCUT2D eigenvalue weighted by Crippen LogP contribution is 2.15. The van der Waals surface area contributed by atoms with Gasteiger partial charge in [0, 0.05) is 5.56 Å². The highest BCUT2D eigenvalue weighted by molar-refractivity contribution is 5.95. The average Bonchev–Trinajstić information content (AvgIpc) is 2.26. The Bertz CT molecular complexity index is 404. The number of benzene rings is 1. The lowest BCUT2D eigenvalue weighted by Gasteiger charge is -2.17. The van der Waals surface area contributed by atoms with Crippen LogP contribution in [-0.4, -0.2) is 11.9 Å². The second kappa shape index (κ2) is 5.77. The second-order valence-electron chi connectivity index (χ2n) is 4.45. The number of ether oxygens (including phenoxy) is 1. The minimum atomic E-state index is -0.462. The normalized spacial score (nSPS) is 12.8. The molecule has 0 aliphatic rings. The fourth-order valence-corrected chi connectivity index (χ4v) is 1.31. The predicted octanol–water partition coefficient (Wildman–Crippen LogP) is 2.67. The smallest absolute Gasteiger partial charge is 0.139 e. The van der Waals surface area contributed by atoms with Crippen molar-refractivity contribution in [1.29, 1.82) is 5.41 Å². The zero-order valence-corrected chi connectivity index (χ0v) is 10.5. The molecule has 17 heavy (non-hydrogen) atoms. The summed E-state index contributed by atoms with van der Waals surface area (Å²) in [6.07, 6.45) is 0.0652. The summed E-state index contributed by atoms with van der Waals surface area (Å²) in [5, 5.41) is 7.25. The molecule has 1 unspecified atom stereocenters. The van der Waals surface area contributed by atoms with Gasteiger partial charge in [-0.25, -0.2) is 4.39 Å². The number of rotatable bonds is 5. The van der Waals surface area contributed by atoms with E-state index in [0.717, 1.165) is 0 Å². The van der Waals surface area contributed by atoms with E-state index in [-0.39, 0.29) is 24.1 Å². The molecule has 0 saturated heterocycles. The van der Waals surface area contributed by atoms with Gasteiger partial charge in [0.1, 0.15) is 11.7 Å². The first-order valence-corrected chi connectivity index (χ1v) is 5.66. The fourth-order valence-electron chi connectivity index (χ4n) is 1.31. The minimum absolute atomic E-state index is 0.0652. The van der Waals surface area contributed by atoms with E-state index in [1.807, 2.05) is 20.8 Å². The third kappa shape index (κ3) is 3.53. The molecule has 4 heteroatoms. The highest BCUT2D eigenvalue weighted by atomic mass is 19.1. The number of nitrogens with one attached hydrogen (secondary N) is 1. The van der Waals surface area contributed by atoms with Crippen LogP contribution in [0, 0.1) is 17.1 Å². The molecule has 0 fully saturated rings. The minimum Gasteiger partial charge on any atom is -0.384 e. The van der Waals surface area contributed by atoms with Crippen LogP contribution in [0.25, 0.3) is 0 Å². The van der Waals surface area contributed by atoms with E-state index in [1.54, 1.807) is 12.1 Å². The first-order valence-electron chi connectivity index (χ1n) is 5.66. The Morgan fingerprint density at radius 3 is 2.59 bits per heavy atom. The van der Waals surface area contributed by atoms with Crippen molar-refractivity contribution in [2.75, 3.05) is 0 Å². The van der Waals surface area contributed by atoms with Crippen molar-refractivity contribution in [2.45, 2.75) is 33.5 Å². The van der Waals surface area contributed by atoms with Gasteiger partial charge in [0.2, 0.25) is 0 Å². The summed E-state index contributed by atoms with van der Waals surface area (Å²) in [6.45, 7) is 6.25. The summed E-state index contributed by atoms with van der Waals surface area (Å²) in [6, 6.07) is 4.82. The molecule has 0 saturated carbocycles. The van der Waals surface area contributed by atoms with Crippen LogP contribution in [0.15, 0.2) is 18.2 Å². The Labute approximate surface area is 101 Å². The van der Waals surface area contributed by atoms with Crippen LogP contribution in [0.3, 0.4) is 0 Å². The van der Waals surface area contributed by atoms with Crippen LogP contribution in [0.1, 0.15) is 31.9 Å². The van der Waals surface area contributed by atoms with Gasteiger partial charge in [-0.05, 0) is 18.9 Å². The summed E-state index contributed by atoms with van der Waals surface area (Å²) in [7, 11) is 0. The van der Waals surface area contributed by atoms with Crippen LogP contribution in [0.5, 0.6) is 0 Å². The molecule has 0 spiro atoms. The van der Waals surface area contributed by atoms with Gasteiger partial charge in [-0.15, -0.1) is 0 Å². The molecule has 3 N–H and O–H groups in total. The van der Waals surface area contributed by atoms with Crippen LogP contribution < -0.4 is 5.73 Å². The first-order chi connectivity index (χ1) is 7.93. The van der Waals surface area contributed by atoms with Crippen molar-refractivity contribution < 1.29 is 9.13 Å². The van der Waals surface area contributed by atoms with Gasteiger partial charge in [0.05, 0.1) is 18.3 Å². The molecule has 1 rings (SSSR count). The van der Waals surface area contributed by atoms with Gasteiger partial charge in [-0.2, -0.15) is 0 Å². The molecule has 0 amide bonds. The molecule has 1 atom stereocenters. The zero-order chi connectivity index (χ0) is 13.0. The van der Waals surface area contributed by atoms with E-state index >= 15 is 0 Å². The zero-order valence-electron chi connectivity index (χ0n) is 10.5. The molecule has 0 aliphatic carbocycles. The molecule has 1 aromatic carbocycles. The predicted molar refractivity (Wildman–Crippen MR) is 66.5 cm³/mol. The van der Waals surface area contributed by atoms with Crippen molar-refractivity contribution in [1.82, 2.24) is 0 Å². The Morgan fingerprint density at radius 1 is 1.41 bits per heavy atom. The molecule has 1 aromatic rings. The van der Waals surface area contributed by atoms with Crippen LogP contribution in [0.2, 0.25) is 0 Å². The maximum absolute atomic E-state index is 13.9. The van der Waals surface area contributed by atoms with Gasteiger partial charge in [0.15, 0.2) is 0 Å². The first kappa shape index (κ1) is 13.6. The quantitative estimate of drug-likeness (QED) is 0.612. The number of amidine groups is 1. The topological polar surface area (TPSA) is 59.1 Å². The Hall–Kier alpha value is -1.42. The summed E-state index contributed by atoms with van der Waals surface area (Å²) in [5.74, 6) is -0.341. The van der Waals surface area contributed by atoms with E-state index in [9.17, 15) is 4.39 Å². The van der Waals surface area contributed by atoms with Crippen LogP contribution >= 0.6 is 0 Å². The maximum Gasteiger partial charge on any atom is 0.139 e. The molecular weight excluding hydrogens is 219 g/mol. The molecule has 0 bridgehead atoms. The summed E-state index contributed by atoms with van der Waals surface area (Å²) in [5.41, 5.74) is 5.85. The van der Waals surface area contributed by atoms with Crippen molar-refractivity contribution in [2.24, 2.45) is 11.7 Å². The molecule has 0 aromatic heterocycles. The van der Waals surface area contributed by atoms with E-state index < -0.39 is 5.82 Å². The standard InChI is InChI=1S/C13H19FN2O/c1-8(2)9(3)17-7-10-5-4-6-11(12(10)14)13(15)16/h4-6,8-9H,7H2,1-3H3,(H3,15,16). The van der Waals surface area contributed by atoms with E-state index in [1.165, 1.54) is 6.07 Å². The third-order valence-corrected chi connectivity index (χ3v) is 2.81. The van der Waals surface area contributed by atoms with Crippen LogP contribution in [-0.2, 0) is 11.3 Å². The summed E-state index contributed by atoms with van der Waals surface area (Å²) < 4.78 is 19.4. The van der Waals surface area contributed by atoms with Gasteiger partial charge in [-0.3, -0.25) is 5.41 Å². The summed E-state index contributed by atoms with van der Waals surface area (Å²) >= 11 is 0. The number of nitrogen functional groups attached to an aromatic ring is 1. The van der Waals surface area contributed by atoms with E-state index in [2.05, 4.69) is 0 Å². The Kier molecular flexibility index (Phi) is 4.63. The van der Waals surface area contributed by atoms with Crippen molar-refractivity contribution in [3.63, 3.8) is 0 Å². The van der Waals surface area contributed by atoms with E-state index in [0.29, 0.717) is 11.5 Å². The number of hydrogen-bond donors (Lipinski definition) is 2. The van der Waals surface area contributed by atoms with Gasteiger partial charge in [-0.1, -0.05) is 26.0 Å². The van der Waals surface area contributed by atoms with Gasteiger partial charge >= 0.3 is 0 Å². The molecular formula is C13H19FN2O. The summed E-state index contributed by atoms with van der Waals surface area (Å²) in [4.78, 5) is 0. The van der Waals surface area contributed by atoms with Gasteiger partial charge in [0.25, 0.3) is 0 Å². The van der Waals surface area contributed by atoms with E-state index in [4.69, 9.17) is 15.9 Å². The van der Waals surface area contributed by atoms with Gasteiger partial charge < -0.3 is 10.5 Å². The largest absolute Gasteiger partial charge is 0.384 e. The molecule has 94 valence electrons. The van der Waals surface area contributed by atoms with Crippen LogP contribution in [0.4, 0.5) is 4.39 Å². The SMILES string of the molecule is CC(C)C(C)OCc1cccc(C(=N)N)c1F. The van der Waals surface area contributed by atoms with Crippen molar-refractivity contribution in [3.8, 4) is 0 Å². The fraction of sp³-hybridized carbons (Fsp3) is 0.462. The Morgan fingerprint density at radius 2 is 2.06 bits per heavy atom. The molecule has 0 aliphatic heterocycles.